The second-order valence-electron chi connectivity index (χ2n) is 6.21. The molecule has 0 spiro atoms. The fraction of sp³-hybridized carbons (Fsp3) is 0.684. The van der Waals surface area contributed by atoms with E-state index in [9.17, 15) is 13.2 Å². The van der Waals surface area contributed by atoms with Gasteiger partial charge in [-0.15, -0.1) is 0 Å². The average Bonchev–Trinajstić information content (AvgIpc) is 2.53. The molecular formula is C19H28ClF3O. The third-order valence-electron chi connectivity index (χ3n) is 4.03. The van der Waals surface area contributed by atoms with Crippen molar-refractivity contribution >= 4 is 11.6 Å². The molecule has 0 N–H and O–H groups in total. The first kappa shape index (κ1) is 21.3. The summed E-state index contributed by atoms with van der Waals surface area (Å²) < 4.78 is 44.9. The van der Waals surface area contributed by atoms with Gasteiger partial charge in [0, 0.05) is 13.0 Å². The summed E-state index contributed by atoms with van der Waals surface area (Å²) in [6.07, 6.45) is 3.57. The van der Waals surface area contributed by atoms with Gasteiger partial charge in [-0.3, -0.25) is 0 Å². The van der Waals surface area contributed by atoms with Crippen LogP contribution < -0.4 is 0 Å². The largest absolute Gasteiger partial charge is 0.432 e. The summed E-state index contributed by atoms with van der Waals surface area (Å²) in [6, 6.07) is 8.41. The molecule has 0 unspecified atom stereocenters. The van der Waals surface area contributed by atoms with Crippen molar-refractivity contribution in [2.45, 2.75) is 75.9 Å². The highest BCUT2D eigenvalue weighted by Crippen LogP contribution is 2.40. The quantitative estimate of drug-likeness (QED) is 0.290. The highest BCUT2D eigenvalue weighted by atomic mass is 35.5. The minimum absolute atomic E-state index is 0.0325. The molecule has 0 aliphatic carbocycles. The summed E-state index contributed by atoms with van der Waals surface area (Å²) in [5.41, 5.74) is 0.515. The minimum Gasteiger partial charge on any atom is -0.351 e. The smallest absolute Gasteiger partial charge is 0.351 e. The van der Waals surface area contributed by atoms with Gasteiger partial charge in [0.2, 0.25) is 5.06 Å². The summed E-state index contributed by atoms with van der Waals surface area (Å²) in [5.74, 6) is 0. The number of ether oxygens (including phenoxy) is 1. The van der Waals surface area contributed by atoms with Crippen LogP contribution in [0.3, 0.4) is 0 Å². The maximum absolute atomic E-state index is 13.3. The molecule has 0 aliphatic heterocycles. The molecule has 0 aliphatic rings. The molecule has 1 rings (SSSR count). The molecule has 0 fully saturated rings. The molecule has 1 atom stereocenters. The van der Waals surface area contributed by atoms with Crippen molar-refractivity contribution in [3.63, 3.8) is 0 Å². The molecule has 0 radical (unpaired) electrons. The maximum atomic E-state index is 13.3. The van der Waals surface area contributed by atoms with E-state index in [0.717, 1.165) is 19.3 Å². The van der Waals surface area contributed by atoms with E-state index in [-0.39, 0.29) is 13.0 Å². The molecule has 0 bridgehead atoms. The summed E-state index contributed by atoms with van der Waals surface area (Å²) in [6.45, 7) is 2.21. The van der Waals surface area contributed by atoms with Crippen LogP contribution >= 0.6 is 11.6 Å². The van der Waals surface area contributed by atoms with Gasteiger partial charge < -0.3 is 4.74 Å². The lowest BCUT2D eigenvalue weighted by molar-refractivity contribution is -0.241. The molecule has 0 amide bonds. The molecule has 24 heavy (non-hydrogen) atoms. The van der Waals surface area contributed by atoms with E-state index in [4.69, 9.17) is 16.3 Å². The van der Waals surface area contributed by atoms with E-state index >= 15 is 0 Å². The second kappa shape index (κ2) is 11.0. The third-order valence-corrected chi connectivity index (χ3v) is 4.48. The number of alkyl halides is 4. The highest BCUT2D eigenvalue weighted by molar-refractivity contribution is 6.23. The topological polar surface area (TPSA) is 9.23 Å². The van der Waals surface area contributed by atoms with Gasteiger partial charge in [0.25, 0.3) is 0 Å². The molecule has 5 heteroatoms. The Hall–Kier alpha value is -0.740. The average molecular weight is 365 g/mol. The number of rotatable bonds is 12. The summed E-state index contributed by atoms with van der Waals surface area (Å²) >= 11 is 5.80. The van der Waals surface area contributed by atoms with Crippen molar-refractivity contribution in [2.75, 3.05) is 6.61 Å². The number of halogens is 4. The van der Waals surface area contributed by atoms with E-state index in [1.165, 1.54) is 25.7 Å². The Morgan fingerprint density at radius 2 is 1.42 bits per heavy atom. The molecule has 1 aromatic carbocycles. The van der Waals surface area contributed by atoms with Gasteiger partial charge in [0.05, 0.1) is 0 Å². The van der Waals surface area contributed by atoms with Crippen molar-refractivity contribution in [3.8, 4) is 0 Å². The van der Waals surface area contributed by atoms with E-state index < -0.39 is 11.2 Å². The lowest BCUT2D eigenvalue weighted by Gasteiger charge is -2.30. The molecule has 0 saturated carbocycles. The Kier molecular flexibility index (Phi) is 9.75. The zero-order valence-corrected chi connectivity index (χ0v) is 15.1. The first-order valence-corrected chi connectivity index (χ1v) is 9.20. The fourth-order valence-electron chi connectivity index (χ4n) is 2.56. The zero-order chi connectivity index (χ0) is 17.9. The van der Waals surface area contributed by atoms with Gasteiger partial charge >= 0.3 is 6.18 Å². The number of unbranched alkanes of at least 4 members (excludes halogenated alkanes) is 7. The Balaban J connectivity index is 2.34. The molecule has 1 nitrogen and oxygen atoms in total. The first-order chi connectivity index (χ1) is 11.4. The fourth-order valence-corrected chi connectivity index (χ4v) is 2.79. The summed E-state index contributed by atoms with van der Waals surface area (Å²) in [5, 5.41) is -2.64. The molecule has 1 aromatic rings. The Morgan fingerprint density at radius 1 is 0.875 bits per heavy atom. The van der Waals surface area contributed by atoms with Crippen LogP contribution in [0.1, 0.15) is 63.9 Å². The van der Waals surface area contributed by atoms with Gasteiger partial charge in [-0.1, -0.05) is 93.8 Å². The monoisotopic (exact) mass is 364 g/mol. The first-order valence-electron chi connectivity index (χ1n) is 8.82. The highest BCUT2D eigenvalue weighted by Gasteiger charge is 2.54. The normalized spacial score (nSPS) is 14.5. The standard InChI is InChI=1S/C19H28ClF3O/c1-2-3-4-5-6-7-8-12-15-24-18(20,19(21,22)23)16-17-13-10-9-11-14-17/h9-11,13-14H,2-8,12,15-16H2,1H3/t18-/m1/s1. The van der Waals surface area contributed by atoms with Crippen LogP contribution in [0.15, 0.2) is 30.3 Å². The molecule has 0 saturated heterocycles. The van der Waals surface area contributed by atoms with E-state index in [0.29, 0.717) is 12.0 Å². The van der Waals surface area contributed by atoms with Gasteiger partial charge in [0.1, 0.15) is 0 Å². The van der Waals surface area contributed by atoms with Crippen molar-refractivity contribution in [1.82, 2.24) is 0 Å². The van der Waals surface area contributed by atoms with Crippen LogP contribution in [0, 0.1) is 0 Å². The van der Waals surface area contributed by atoms with Gasteiger partial charge in [-0.05, 0) is 12.0 Å². The van der Waals surface area contributed by atoms with Gasteiger partial charge in [-0.2, -0.15) is 13.2 Å². The third kappa shape index (κ3) is 7.89. The predicted molar refractivity (Wildman–Crippen MR) is 93.3 cm³/mol. The second-order valence-corrected chi connectivity index (χ2v) is 6.82. The number of benzene rings is 1. The molecule has 138 valence electrons. The van der Waals surface area contributed by atoms with Gasteiger partial charge in [-0.25, -0.2) is 0 Å². The summed E-state index contributed by atoms with van der Waals surface area (Å²) in [4.78, 5) is 0. The van der Waals surface area contributed by atoms with Crippen molar-refractivity contribution < 1.29 is 17.9 Å². The summed E-state index contributed by atoms with van der Waals surface area (Å²) in [7, 11) is 0. The van der Waals surface area contributed by atoms with E-state index in [1.54, 1.807) is 30.3 Å². The molecule has 0 aromatic heterocycles. The molecular weight excluding hydrogens is 337 g/mol. The van der Waals surface area contributed by atoms with Crippen LogP contribution in [0.25, 0.3) is 0 Å². The van der Waals surface area contributed by atoms with Crippen LogP contribution in [-0.4, -0.2) is 17.8 Å². The Bertz CT molecular complexity index is 436. The van der Waals surface area contributed by atoms with Crippen LogP contribution in [-0.2, 0) is 11.2 Å². The van der Waals surface area contributed by atoms with Crippen molar-refractivity contribution in [3.05, 3.63) is 35.9 Å². The SMILES string of the molecule is CCCCCCCCCCO[C@](Cl)(Cc1ccccc1)C(F)(F)F. The molecule has 0 heterocycles. The Morgan fingerprint density at radius 3 is 1.96 bits per heavy atom. The zero-order valence-electron chi connectivity index (χ0n) is 14.4. The van der Waals surface area contributed by atoms with Crippen LogP contribution in [0.5, 0.6) is 0 Å². The number of hydrogen-bond donors (Lipinski definition) is 0. The predicted octanol–water partition coefficient (Wildman–Crippen LogP) is 6.88. The maximum Gasteiger partial charge on any atom is 0.432 e. The van der Waals surface area contributed by atoms with E-state index in [2.05, 4.69) is 6.92 Å². The van der Waals surface area contributed by atoms with Crippen LogP contribution in [0.4, 0.5) is 13.2 Å². The van der Waals surface area contributed by atoms with Gasteiger partial charge in [0.15, 0.2) is 0 Å². The van der Waals surface area contributed by atoms with Crippen LogP contribution in [0.2, 0.25) is 0 Å². The minimum atomic E-state index is -4.61. The lowest BCUT2D eigenvalue weighted by atomic mass is 10.1. The number of hydrogen-bond acceptors (Lipinski definition) is 1. The lowest BCUT2D eigenvalue weighted by Crippen LogP contribution is -2.44. The Labute approximate surface area is 148 Å². The van der Waals surface area contributed by atoms with Crippen molar-refractivity contribution in [2.24, 2.45) is 0 Å². The van der Waals surface area contributed by atoms with E-state index in [1.807, 2.05) is 0 Å². The van der Waals surface area contributed by atoms with Crippen molar-refractivity contribution in [1.29, 1.82) is 0 Å².